The van der Waals surface area contributed by atoms with E-state index in [9.17, 15) is 9.90 Å². The molecule has 0 spiro atoms. The van der Waals surface area contributed by atoms with Gasteiger partial charge in [-0.25, -0.2) is 4.79 Å². The first-order chi connectivity index (χ1) is 15.0. The predicted octanol–water partition coefficient (Wildman–Crippen LogP) is 3.02. The minimum Gasteiger partial charge on any atom is -0.493 e. The average molecular weight is 445 g/mol. The third-order valence-electron chi connectivity index (χ3n) is 5.35. The maximum atomic E-state index is 11.4. The molecule has 0 bridgehead atoms. The molecular formula is C23H25ClN2O5. The van der Waals surface area contributed by atoms with Crippen molar-refractivity contribution in [2.45, 2.75) is 6.10 Å². The zero-order valence-corrected chi connectivity index (χ0v) is 18.0. The van der Waals surface area contributed by atoms with Crippen molar-refractivity contribution in [3.63, 3.8) is 0 Å². The molecule has 0 radical (unpaired) electrons. The van der Waals surface area contributed by atoms with Gasteiger partial charge in [-0.15, -0.1) is 0 Å². The van der Waals surface area contributed by atoms with Gasteiger partial charge in [0.1, 0.15) is 18.3 Å². The van der Waals surface area contributed by atoms with Crippen LogP contribution in [-0.2, 0) is 0 Å². The van der Waals surface area contributed by atoms with Crippen molar-refractivity contribution in [3.8, 4) is 11.5 Å². The van der Waals surface area contributed by atoms with Crippen LogP contribution in [0.15, 0.2) is 57.7 Å². The number of aliphatic hydroxyl groups excluding tert-OH is 1. The van der Waals surface area contributed by atoms with Crippen molar-refractivity contribution in [1.82, 2.24) is 4.90 Å². The van der Waals surface area contributed by atoms with Gasteiger partial charge in [0, 0.05) is 61.0 Å². The second-order valence-electron chi connectivity index (χ2n) is 7.53. The highest BCUT2D eigenvalue weighted by molar-refractivity contribution is 6.30. The van der Waals surface area contributed by atoms with E-state index in [1.54, 1.807) is 18.2 Å². The first kappa shape index (κ1) is 21.5. The van der Waals surface area contributed by atoms with Crippen LogP contribution < -0.4 is 20.0 Å². The molecule has 164 valence electrons. The van der Waals surface area contributed by atoms with Crippen LogP contribution in [0, 0.1) is 0 Å². The number of anilines is 1. The molecular weight excluding hydrogens is 420 g/mol. The summed E-state index contributed by atoms with van der Waals surface area (Å²) in [4.78, 5) is 15.9. The smallest absolute Gasteiger partial charge is 0.336 e. The van der Waals surface area contributed by atoms with Gasteiger partial charge in [0.25, 0.3) is 0 Å². The number of rotatable bonds is 7. The number of aliphatic hydroxyl groups is 1. The van der Waals surface area contributed by atoms with Gasteiger partial charge in [0.15, 0.2) is 11.5 Å². The Hall–Kier alpha value is -2.74. The Morgan fingerprint density at radius 3 is 2.65 bits per heavy atom. The van der Waals surface area contributed by atoms with Gasteiger partial charge < -0.3 is 23.9 Å². The van der Waals surface area contributed by atoms with E-state index in [1.165, 1.54) is 13.2 Å². The lowest BCUT2D eigenvalue weighted by Gasteiger charge is -2.36. The highest BCUT2D eigenvalue weighted by atomic mass is 35.5. The average Bonchev–Trinajstić information content (AvgIpc) is 2.77. The highest BCUT2D eigenvalue weighted by Crippen LogP contribution is 2.32. The van der Waals surface area contributed by atoms with Crippen molar-refractivity contribution < 1.29 is 19.0 Å². The van der Waals surface area contributed by atoms with Crippen molar-refractivity contribution in [2.24, 2.45) is 0 Å². The van der Waals surface area contributed by atoms with Crippen LogP contribution in [0.5, 0.6) is 11.5 Å². The summed E-state index contributed by atoms with van der Waals surface area (Å²) in [5.74, 6) is 0.942. The van der Waals surface area contributed by atoms with E-state index in [2.05, 4.69) is 15.9 Å². The maximum Gasteiger partial charge on any atom is 0.336 e. The van der Waals surface area contributed by atoms with Crippen molar-refractivity contribution in [2.75, 3.05) is 51.3 Å². The maximum absolute atomic E-state index is 11.4. The fourth-order valence-electron chi connectivity index (χ4n) is 3.75. The number of fused-ring (bicyclic) bond motifs is 1. The van der Waals surface area contributed by atoms with E-state index in [-0.39, 0.29) is 6.61 Å². The second-order valence-corrected chi connectivity index (χ2v) is 7.96. The monoisotopic (exact) mass is 444 g/mol. The molecule has 31 heavy (non-hydrogen) atoms. The van der Waals surface area contributed by atoms with Crippen LogP contribution in [0.1, 0.15) is 0 Å². The minimum absolute atomic E-state index is 0.132. The van der Waals surface area contributed by atoms with Crippen LogP contribution in [-0.4, -0.2) is 62.6 Å². The van der Waals surface area contributed by atoms with E-state index in [0.717, 1.165) is 42.3 Å². The van der Waals surface area contributed by atoms with Gasteiger partial charge >= 0.3 is 5.63 Å². The van der Waals surface area contributed by atoms with Gasteiger partial charge in [0.05, 0.1) is 7.11 Å². The molecule has 2 heterocycles. The van der Waals surface area contributed by atoms with Crippen LogP contribution in [0.2, 0.25) is 5.02 Å². The summed E-state index contributed by atoms with van der Waals surface area (Å²) in [5, 5.41) is 12.0. The summed E-state index contributed by atoms with van der Waals surface area (Å²) in [6, 6.07) is 14.3. The Morgan fingerprint density at radius 1 is 1.10 bits per heavy atom. The van der Waals surface area contributed by atoms with Gasteiger partial charge in [-0.2, -0.15) is 0 Å². The molecule has 3 aromatic rings. The molecule has 1 saturated heterocycles. The van der Waals surface area contributed by atoms with Crippen LogP contribution in [0.4, 0.5) is 5.69 Å². The van der Waals surface area contributed by atoms with E-state index >= 15 is 0 Å². The van der Waals surface area contributed by atoms with Crippen molar-refractivity contribution in [3.05, 3.63) is 64.0 Å². The Labute approximate surface area is 185 Å². The molecule has 0 aliphatic carbocycles. The number of methoxy groups -OCH3 is 1. The lowest BCUT2D eigenvalue weighted by Crippen LogP contribution is -2.49. The molecule has 0 amide bonds. The third-order valence-corrected chi connectivity index (χ3v) is 5.59. The lowest BCUT2D eigenvalue weighted by atomic mass is 10.2. The molecule has 7 nitrogen and oxygen atoms in total. The molecule has 1 aromatic heterocycles. The number of hydrogen-bond acceptors (Lipinski definition) is 7. The fraction of sp³-hybridized carbons (Fsp3) is 0.348. The molecule has 0 saturated carbocycles. The number of benzene rings is 2. The Balaban J connectivity index is 1.31. The standard InChI is InChI=1S/C23H25ClN2O5/c1-29-21-13-20-16(5-6-23(28)31-20)11-22(21)30-15-19(27)14-25-7-9-26(10-8-25)18-4-2-3-17(24)12-18/h2-6,11-13,19,27H,7-10,14-15H2,1H3. The number of hydrogen-bond donors (Lipinski definition) is 1. The number of ether oxygens (including phenoxy) is 2. The molecule has 2 aromatic carbocycles. The molecule has 1 fully saturated rings. The van der Waals surface area contributed by atoms with Crippen LogP contribution in [0.3, 0.4) is 0 Å². The Morgan fingerprint density at radius 2 is 1.90 bits per heavy atom. The van der Waals surface area contributed by atoms with Gasteiger partial charge in [0.2, 0.25) is 0 Å². The summed E-state index contributed by atoms with van der Waals surface area (Å²) in [6.07, 6.45) is -0.646. The molecule has 1 unspecified atom stereocenters. The number of piperazine rings is 1. The topological polar surface area (TPSA) is 75.4 Å². The SMILES string of the molecule is COc1cc2oc(=O)ccc2cc1OCC(O)CN1CCN(c2cccc(Cl)c2)CC1. The summed E-state index contributed by atoms with van der Waals surface area (Å²) >= 11 is 6.10. The van der Waals surface area contributed by atoms with Gasteiger partial charge in [-0.05, 0) is 30.3 Å². The number of nitrogens with zero attached hydrogens (tertiary/aromatic N) is 2. The fourth-order valence-corrected chi connectivity index (χ4v) is 3.93. The molecule has 1 N–H and O–H groups in total. The minimum atomic E-state index is -0.646. The molecule has 1 atom stereocenters. The Bertz CT molecular complexity index is 1090. The van der Waals surface area contributed by atoms with Crippen LogP contribution >= 0.6 is 11.6 Å². The zero-order chi connectivity index (χ0) is 21.8. The van der Waals surface area contributed by atoms with E-state index < -0.39 is 11.7 Å². The first-order valence-corrected chi connectivity index (χ1v) is 10.6. The molecule has 8 heteroatoms. The summed E-state index contributed by atoms with van der Waals surface area (Å²) < 4.78 is 16.3. The number of halogens is 1. The highest BCUT2D eigenvalue weighted by Gasteiger charge is 2.20. The molecule has 1 aliphatic rings. The third kappa shape index (κ3) is 5.31. The van der Waals surface area contributed by atoms with E-state index in [1.807, 2.05) is 18.2 Å². The molecule has 1 aliphatic heterocycles. The van der Waals surface area contributed by atoms with Crippen molar-refractivity contribution in [1.29, 1.82) is 0 Å². The normalized spacial score (nSPS) is 15.8. The zero-order valence-electron chi connectivity index (χ0n) is 17.3. The summed E-state index contributed by atoms with van der Waals surface area (Å²) in [7, 11) is 1.52. The quantitative estimate of drug-likeness (QED) is 0.561. The molecule has 4 rings (SSSR count). The van der Waals surface area contributed by atoms with E-state index in [0.29, 0.717) is 23.6 Å². The van der Waals surface area contributed by atoms with E-state index in [4.69, 9.17) is 25.5 Å². The Kier molecular flexibility index (Phi) is 6.65. The van der Waals surface area contributed by atoms with Gasteiger partial charge in [-0.3, -0.25) is 4.90 Å². The van der Waals surface area contributed by atoms with Crippen molar-refractivity contribution >= 4 is 28.3 Å². The van der Waals surface area contributed by atoms with Crippen LogP contribution in [0.25, 0.3) is 11.0 Å². The number of β-amino-alcohol motifs (C(OH)–C–C–N with tert-alkyl or cyclic N) is 1. The summed E-state index contributed by atoms with van der Waals surface area (Å²) in [6.45, 7) is 4.10. The summed E-state index contributed by atoms with van der Waals surface area (Å²) in [5.41, 5.74) is 1.12. The predicted molar refractivity (Wildman–Crippen MR) is 121 cm³/mol. The second kappa shape index (κ2) is 9.60. The largest absolute Gasteiger partial charge is 0.493 e. The first-order valence-electron chi connectivity index (χ1n) is 10.2. The van der Waals surface area contributed by atoms with Gasteiger partial charge in [-0.1, -0.05) is 17.7 Å². The lowest BCUT2D eigenvalue weighted by molar-refractivity contribution is 0.0654.